The van der Waals surface area contributed by atoms with Crippen molar-refractivity contribution in [1.82, 2.24) is 4.98 Å². The Hall–Kier alpha value is -5.19. The van der Waals surface area contributed by atoms with Crippen LogP contribution in [-0.2, 0) is 9.13 Å². The monoisotopic (exact) mass is 1070 g/mol. The minimum atomic E-state index is -5.30. The number of benzene rings is 6. The molecule has 0 amide bonds. The molecule has 0 aliphatic rings. The van der Waals surface area contributed by atoms with Crippen LogP contribution in [0.25, 0.3) is 11.0 Å². The van der Waals surface area contributed by atoms with Gasteiger partial charge in [0.25, 0.3) is 5.78 Å². The van der Waals surface area contributed by atoms with Crippen LogP contribution >= 0.6 is 26.0 Å². The van der Waals surface area contributed by atoms with Crippen molar-refractivity contribution >= 4 is 69.3 Å². The van der Waals surface area contributed by atoms with Crippen LogP contribution in [0.3, 0.4) is 0 Å². The Balaban J connectivity index is 0.000000184. The number of aromatic hydroxyl groups is 1. The maximum absolute atomic E-state index is 13.8. The molecule has 1 radical (unpaired) electrons. The summed E-state index contributed by atoms with van der Waals surface area (Å²) in [6.45, 7) is 5.71. The number of halogens is 3. The number of aromatic nitrogens is 1. The van der Waals surface area contributed by atoms with Crippen molar-refractivity contribution in [2.45, 2.75) is 22.9 Å². The second kappa shape index (κ2) is 23.3. The minimum Gasteiger partial charge on any atom is -0.506 e. The number of nitrogens with zero attached hydrogens (tertiary/aromatic N) is 1. The van der Waals surface area contributed by atoms with Gasteiger partial charge in [0.15, 0.2) is 25.4 Å². The third kappa shape index (κ3) is 11.8. The second-order valence-electron chi connectivity index (χ2n) is 13.7. The molecule has 14 heteroatoms. The van der Waals surface area contributed by atoms with Gasteiger partial charge in [0.05, 0.1) is 10.3 Å². The fourth-order valence-electron chi connectivity index (χ4n) is 6.65. The largest absolute Gasteiger partial charge is 0.506 e. The van der Waals surface area contributed by atoms with E-state index < -0.39 is 43.2 Å². The van der Waals surface area contributed by atoms with Crippen molar-refractivity contribution in [3.63, 3.8) is 0 Å². The predicted octanol–water partition coefficient (Wildman–Crippen LogP) is 11.2. The van der Waals surface area contributed by atoms with Gasteiger partial charge in [-0.3, -0.25) is 9.78 Å². The Morgan fingerprint density at radius 2 is 1.12 bits per heavy atom. The first kappa shape index (κ1) is 50.8. The molecule has 6 aromatic carbocycles. The van der Waals surface area contributed by atoms with Crippen molar-refractivity contribution in [2.24, 2.45) is 0 Å². The normalized spacial score (nSPS) is 11.5. The summed E-state index contributed by atoms with van der Waals surface area (Å²) < 4.78 is 70.2. The van der Waals surface area contributed by atoms with Crippen LogP contribution in [0.15, 0.2) is 237 Å². The molecule has 0 saturated heterocycles. The second-order valence-corrected chi connectivity index (χ2v) is 20.3. The number of para-hydroxylation sites is 1. The first-order chi connectivity index (χ1) is 30.8. The van der Waals surface area contributed by atoms with Crippen LogP contribution in [-0.4, -0.2) is 22.1 Å². The Morgan fingerprint density at radius 1 is 0.677 bits per heavy atom. The molecule has 8 aromatic rings. The van der Waals surface area contributed by atoms with Crippen molar-refractivity contribution in [3.8, 4) is 5.75 Å². The zero-order valence-corrected chi connectivity index (χ0v) is 39.6. The van der Waals surface area contributed by atoms with Gasteiger partial charge in [0, 0.05) is 98.5 Å². The van der Waals surface area contributed by atoms with Crippen LogP contribution in [0.5, 0.6) is 5.75 Å². The SMILES string of the molecule is C=C/C(=C\C)P(=O)(c1ccccc1)c1ccccc1.O=C(c1c(O)c2cccc(Sc3cccnc3)c2oc1=O)C(F)(F)F.O=P(c1ccccc1)(c1ccccc1)c1ccccc1.[Eu]. The first-order valence-corrected chi connectivity index (χ1v) is 23.8. The zero-order valence-electron chi connectivity index (χ0n) is 34.6. The quantitative estimate of drug-likeness (QED) is 0.0623. The number of allylic oxidation sites excluding steroid dienone is 3. The minimum absolute atomic E-state index is 0. The van der Waals surface area contributed by atoms with Crippen molar-refractivity contribution in [2.75, 3.05) is 0 Å². The van der Waals surface area contributed by atoms with E-state index in [0.717, 1.165) is 43.6 Å². The number of alkyl halides is 3. The molecule has 2 aromatic heterocycles. The average Bonchev–Trinajstić information content (AvgIpc) is 3.33. The maximum atomic E-state index is 13.8. The number of ketones is 1. The molecule has 0 aliphatic carbocycles. The summed E-state index contributed by atoms with van der Waals surface area (Å²) in [5.41, 5.74) is -3.09. The van der Waals surface area contributed by atoms with Gasteiger partial charge in [0.2, 0.25) is 0 Å². The number of Topliss-reactive ketones (excluding diaryl/α,β-unsaturated/α-hetero) is 1. The van der Waals surface area contributed by atoms with Crippen LogP contribution in [0, 0.1) is 49.4 Å². The van der Waals surface area contributed by atoms with E-state index >= 15 is 0 Å². The number of hydrogen-bond donors (Lipinski definition) is 1. The Morgan fingerprint density at radius 3 is 1.51 bits per heavy atom. The van der Waals surface area contributed by atoms with E-state index in [1.54, 1.807) is 36.7 Å². The predicted molar refractivity (Wildman–Crippen MR) is 252 cm³/mol. The van der Waals surface area contributed by atoms with E-state index in [2.05, 4.69) is 11.6 Å². The van der Waals surface area contributed by atoms with Gasteiger partial charge in [-0.15, -0.1) is 0 Å². The molecule has 2 heterocycles. The first-order valence-electron chi connectivity index (χ1n) is 19.6. The van der Waals surface area contributed by atoms with Gasteiger partial charge in [-0.1, -0.05) is 188 Å². The Bertz CT molecular complexity index is 2890. The molecule has 0 unspecified atom stereocenters. The van der Waals surface area contributed by atoms with Crippen molar-refractivity contribution in [3.05, 3.63) is 234 Å². The molecule has 1 N–H and O–H groups in total. The third-order valence-electron chi connectivity index (χ3n) is 9.68. The van der Waals surface area contributed by atoms with Crippen LogP contribution in [0.2, 0.25) is 0 Å². The summed E-state index contributed by atoms with van der Waals surface area (Å²) in [7, 11) is -5.57. The fourth-order valence-corrected chi connectivity index (χ4v) is 12.9. The molecular formula is C51H40EuF3NO6P2S. The molecule has 8 rings (SSSR count). The molecule has 329 valence electrons. The molecule has 0 saturated carbocycles. The van der Waals surface area contributed by atoms with Gasteiger partial charge in [-0.25, -0.2) is 4.79 Å². The van der Waals surface area contributed by atoms with Crippen LogP contribution in [0.4, 0.5) is 13.2 Å². The van der Waals surface area contributed by atoms with Crippen LogP contribution < -0.4 is 32.1 Å². The average molecular weight is 1070 g/mol. The van der Waals surface area contributed by atoms with Gasteiger partial charge in [-0.05, 0) is 31.2 Å². The van der Waals surface area contributed by atoms with E-state index in [9.17, 15) is 37.0 Å². The van der Waals surface area contributed by atoms with Gasteiger partial charge >= 0.3 is 11.8 Å². The molecule has 0 spiro atoms. The number of rotatable bonds is 10. The van der Waals surface area contributed by atoms with E-state index in [0.29, 0.717) is 9.79 Å². The summed E-state index contributed by atoms with van der Waals surface area (Å²) >= 11 is 1.14. The van der Waals surface area contributed by atoms with Gasteiger partial charge in [-0.2, -0.15) is 13.2 Å². The summed E-state index contributed by atoms with van der Waals surface area (Å²) in [5.74, 6) is -3.51. The standard InChI is InChI=1S/C18H15OP.C17H17OP.C16H8F3NO4S.Eu/c19-20(16-10-4-1-5-11-16,17-12-6-2-7-13-17)18-14-8-3-9-15-18;1-3-15(4-2)19(18,16-11-7-5-8-12-16)17-13-9-6-10-14-17;17-16(18,19)14(22)11-12(21)9-4-1-5-10(13(9)24-15(11)23)25-8-3-2-6-20-7-8;/h1-15H;3-14H,1H2,2H3;1-7,21H;/b;15-4+;;. The molecule has 0 fully saturated rings. The number of carbonyl (C=O) groups excluding carboxylic acids is 1. The third-order valence-corrected chi connectivity index (χ3v) is 17.0. The molecule has 7 nitrogen and oxygen atoms in total. The van der Waals surface area contributed by atoms with Crippen molar-refractivity contribution in [1.29, 1.82) is 0 Å². The van der Waals surface area contributed by atoms with E-state index in [1.807, 2.05) is 165 Å². The number of hydrogen-bond acceptors (Lipinski definition) is 8. The topological polar surface area (TPSA) is 115 Å². The summed E-state index contributed by atoms with van der Waals surface area (Å²) in [6, 6.07) is 56.0. The molecular weight excluding hydrogens is 1030 g/mol. The van der Waals surface area contributed by atoms with Crippen LogP contribution in [0.1, 0.15) is 17.3 Å². The summed E-state index contributed by atoms with van der Waals surface area (Å²) in [6.07, 6.45) is 1.38. The molecule has 65 heavy (non-hydrogen) atoms. The Labute approximate surface area is 419 Å². The smallest absolute Gasteiger partial charge is 0.455 e. The summed E-state index contributed by atoms with van der Waals surface area (Å²) in [4.78, 5) is 28.2. The van der Waals surface area contributed by atoms with Crippen molar-refractivity contribution < 1.29 is 86.0 Å². The molecule has 0 aliphatic heterocycles. The van der Waals surface area contributed by atoms with Gasteiger partial charge in [0.1, 0.15) is 5.75 Å². The number of fused-ring (bicyclic) bond motifs is 1. The molecule has 0 atom stereocenters. The maximum Gasteiger partial charge on any atom is 0.455 e. The van der Waals surface area contributed by atoms with E-state index in [-0.39, 0.29) is 60.3 Å². The van der Waals surface area contributed by atoms with E-state index in [1.165, 1.54) is 12.1 Å². The number of carbonyl (C=O) groups is 1. The fraction of sp³-hybridized carbons (Fsp3) is 0.0392. The summed E-state index contributed by atoms with van der Waals surface area (Å²) in [5, 5.41) is 15.0. The number of pyridine rings is 1. The van der Waals surface area contributed by atoms with E-state index in [4.69, 9.17) is 4.42 Å². The van der Waals surface area contributed by atoms with Gasteiger partial charge < -0.3 is 18.7 Å². The molecule has 0 bridgehead atoms. The Kier molecular flexibility index (Phi) is 18.2. The zero-order chi connectivity index (χ0) is 45.7.